The van der Waals surface area contributed by atoms with Crippen molar-refractivity contribution in [2.24, 2.45) is 5.73 Å². The molecule has 0 amide bonds. The molecular weight excluding hydrogens is 185 g/mol. The van der Waals surface area contributed by atoms with Gasteiger partial charge in [-0.15, -0.1) is 0 Å². The van der Waals surface area contributed by atoms with Gasteiger partial charge < -0.3 is 15.6 Å². The van der Waals surface area contributed by atoms with Gasteiger partial charge in [-0.25, -0.2) is 4.39 Å². The molecule has 1 rings (SSSR count). The Bertz CT molecular complexity index is 302. The number of rotatable bonds is 4. The van der Waals surface area contributed by atoms with E-state index in [9.17, 15) is 4.39 Å². The van der Waals surface area contributed by atoms with Crippen LogP contribution in [0.1, 0.15) is 18.5 Å². The van der Waals surface area contributed by atoms with Crippen LogP contribution in [0.4, 0.5) is 4.39 Å². The zero-order valence-corrected chi connectivity index (χ0v) is 8.03. The second-order valence-electron chi connectivity index (χ2n) is 3.05. The number of hydrogen-bond acceptors (Lipinski definition) is 3. The third-order valence-corrected chi connectivity index (χ3v) is 1.83. The summed E-state index contributed by atoms with van der Waals surface area (Å²) in [4.78, 5) is 0. The van der Waals surface area contributed by atoms with Crippen LogP contribution in [0.2, 0.25) is 0 Å². The monoisotopic (exact) mass is 199 g/mol. The SMILES string of the molecule is C[C@@H](N)c1ccc(OCCO)c(F)c1. The van der Waals surface area contributed by atoms with E-state index in [-0.39, 0.29) is 25.0 Å². The molecule has 3 N–H and O–H groups in total. The maximum Gasteiger partial charge on any atom is 0.165 e. The molecule has 0 heterocycles. The zero-order valence-electron chi connectivity index (χ0n) is 8.03. The van der Waals surface area contributed by atoms with E-state index in [1.54, 1.807) is 13.0 Å². The van der Waals surface area contributed by atoms with Crippen LogP contribution in [-0.2, 0) is 0 Å². The molecule has 1 aromatic carbocycles. The van der Waals surface area contributed by atoms with E-state index < -0.39 is 5.82 Å². The molecule has 0 aromatic heterocycles. The number of ether oxygens (including phenoxy) is 1. The van der Waals surface area contributed by atoms with Crippen LogP contribution in [0, 0.1) is 5.82 Å². The first kappa shape index (κ1) is 10.9. The van der Waals surface area contributed by atoms with Gasteiger partial charge >= 0.3 is 0 Å². The molecule has 14 heavy (non-hydrogen) atoms. The highest BCUT2D eigenvalue weighted by Crippen LogP contribution is 2.20. The van der Waals surface area contributed by atoms with Crippen molar-refractivity contribution in [1.82, 2.24) is 0 Å². The van der Waals surface area contributed by atoms with Crippen LogP contribution in [0.5, 0.6) is 5.75 Å². The van der Waals surface area contributed by atoms with E-state index in [4.69, 9.17) is 15.6 Å². The van der Waals surface area contributed by atoms with Crippen LogP contribution in [-0.4, -0.2) is 18.3 Å². The molecule has 0 saturated carbocycles. The molecule has 0 saturated heterocycles. The third kappa shape index (κ3) is 2.68. The van der Waals surface area contributed by atoms with Crippen LogP contribution in [0.15, 0.2) is 18.2 Å². The minimum Gasteiger partial charge on any atom is -0.488 e. The van der Waals surface area contributed by atoms with Crippen molar-refractivity contribution in [2.75, 3.05) is 13.2 Å². The quantitative estimate of drug-likeness (QED) is 0.766. The molecule has 0 unspecified atom stereocenters. The van der Waals surface area contributed by atoms with Crippen molar-refractivity contribution in [3.05, 3.63) is 29.6 Å². The molecule has 1 atom stereocenters. The molecule has 4 heteroatoms. The van der Waals surface area contributed by atoms with Gasteiger partial charge in [0.1, 0.15) is 6.61 Å². The van der Waals surface area contributed by atoms with Crippen LogP contribution in [0.25, 0.3) is 0 Å². The molecule has 0 aliphatic carbocycles. The molecule has 78 valence electrons. The first-order chi connectivity index (χ1) is 6.65. The molecule has 3 nitrogen and oxygen atoms in total. The summed E-state index contributed by atoms with van der Waals surface area (Å²) in [6.45, 7) is 1.74. The van der Waals surface area contributed by atoms with E-state index in [0.717, 1.165) is 5.56 Å². The van der Waals surface area contributed by atoms with E-state index >= 15 is 0 Å². The summed E-state index contributed by atoms with van der Waals surface area (Å²) in [5.41, 5.74) is 6.31. The van der Waals surface area contributed by atoms with Gasteiger partial charge in [0.15, 0.2) is 11.6 Å². The fraction of sp³-hybridized carbons (Fsp3) is 0.400. The standard InChI is InChI=1S/C10H14FNO2/c1-7(12)8-2-3-10(9(11)6-8)14-5-4-13/h2-3,6-7,13H,4-5,12H2,1H3/t7-/m1/s1. The fourth-order valence-electron chi connectivity index (χ4n) is 1.07. The average Bonchev–Trinajstić information content (AvgIpc) is 2.15. The first-order valence-electron chi connectivity index (χ1n) is 4.44. The Morgan fingerprint density at radius 2 is 2.29 bits per heavy atom. The molecule has 0 bridgehead atoms. The smallest absolute Gasteiger partial charge is 0.165 e. The summed E-state index contributed by atoms with van der Waals surface area (Å²) in [5.74, 6) is -0.309. The maximum atomic E-state index is 13.3. The number of aliphatic hydroxyl groups excluding tert-OH is 1. The van der Waals surface area contributed by atoms with Crippen LogP contribution >= 0.6 is 0 Å². The fourth-order valence-corrected chi connectivity index (χ4v) is 1.07. The minimum absolute atomic E-state index is 0.0917. The number of nitrogens with two attached hydrogens (primary N) is 1. The molecule has 0 aliphatic heterocycles. The van der Waals surface area contributed by atoms with Crippen LogP contribution in [0.3, 0.4) is 0 Å². The van der Waals surface area contributed by atoms with Crippen molar-refractivity contribution in [1.29, 1.82) is 0 Å². The Hall–Kier alpha value is -1.13. The second kappa shape index (κ2) is 4.93. The Labute approximate surface area is 82.3 Å². The largest absolute Gasteiger partial charge is 0.488 e. The Kier molecular flexibility index (Phi) is 3.85. The van der Waals surface area contributed by atoms with E-state index in [2.05, 4.69) is 0 Å². The van der Waals surface area contributed by atoms with Gasteiger partial charge in [-0.05, 0) is 24.6 Å². The third-order valence-electron chi connectivity index (χ3n) is 1.83. The summed E-state index contributed by atoms with van der Waals surface area (Å²) in [7, 11) is 0. The highest BCUT2D eigenvalue weighted by Gasteiger charge is 2.06. The van der Waals surface area contributed by atoms with Crippen molar-refractivity contribution in [3.8, 4) is 5.75 Å². The Morgan fingerprint density at radius 1 is 1.57 bits per heavy atom. The van der Waals surface area contributed by atoms with Gasteiger partial charge in [0.2, 0.25) is 0 Å². The number of hydrogen-bond donors (Lipinski definition) is 2. The van der Waals surface area contributed by atoms with Crippen molar-refractivity contribution >= 4 is 0 Å². The normalized spacial score (nSPS) is 12.6. The number of aliphatic hydroxyl groups is 1. The second-order valence-corrected chi connectivity index (χ2v) is 3.05. The molecule has 0 aliphatic rings. The summed E-state index contributed by atoms with van der Waals surface area (Å²) >= 11 is 0. The van der Waals surface area contributed by atoms with E-state index in [1.807, 2.05) is 0 Å². The molecule has 0 radical (unpaired) electrons. The molecular formula is C10H14FNO2. The zero-order chi connectivity index (χ0) is 10.6. The maximum absolute atomic E-state index is 13.3. The molecule has 0 spiro atoms. The van der Waals surface area contributed by atoms with Gasteiger partial charge in [0.05, 0.1) is 6.61 Å². The van der Waals surface area contributed by atoms with E-state index in [0.29, 0.717) is 0 Å². The van der Waals surface area contributed by atoms with Gasteiger partial charge in [0, 0.05) is 6.04 Å². The van der Waals surface area contributed by atoms with Gasteiger partial charge in [-0.1, -0.05) is 6.07 Å². The van der Waals surface area contributed by atoms with Crippen molar-refractivity contribution < 1.29 is 14.2 Å². The lowest BCUT2D eigenvalue weighted by Crippen LogP contribution is -2.07. The highest BCUT2D eigenvalue weighted by molar-refractivity contribution is 5.30. The summed E-state index contributed by atoms with van der Waals surface area (Å²) in [5, 5.41) is 8.49. The van der Waals surface area contributed by atoms with Crippen molar-refractivity contribution in [2.45, 2.75) is 13.0 Å². The predicted octanol–water partition coefficient (Wildman–Crippen LogP) is 1.22. The lowest BCUT2D eigenvalue weighted by atomic mass is 10.1. The topological polar surface area (TPSA) is 55.5 Å². The lowest BCUT2D eigenvalue weighted by molar-refractivity contribution is 0.196. The minimum atomic E-state index is -0.451. The molecule has 1 aromatic rings. The Balaban J connectivity index is 2.79. The van der Waals surface area contributed by atoms with Crippen molar-refractivity contribution in [3.63, 3.8) is 0 Å². The Morgan fingerprint density at radius 3 is 2.79 bits per heavy atom. The lowest BCUT2D eigenvalue weighted by Gasteiger charge is -2.09. The number of halogens is 1. The van der Waals surface area contributed by atoms with Gasteiger partial charge in [-0.3, -0.25) is 0 Å². The summed E-state index contributed by atoms with van der Waals surface area (Å²) < 4.78 is 18.2. The molecule has 0 fully saturated rings. The predicted molar refractivity (Wildman–Crippen MR) is 51.6 cm³/mol. The summed E-state index contributed by atoms with van der Waals surface area (Å²) in [6, 6.07) is 4.37. The average molecular weight is 199 g/mol. The number of benzene rings is 1. The highest BCUT2D eigenvalue weighted by atomic mass is 19.1. The van der Waals surface area contributed by atoms with Gasteiger partial charge in [0.25, 0.3) is 0 Å². The van der Waals surface area contributed by atoms with Gasteiger partial charge in [-0.2, -0.15) is 0 Å². The van der Waals surface area contributed by atoms with Crippen LogP contribution < -0.4 is 10.5 Å². The summed E-state index contributed by atoms with van der Waals surface area (Å²) in [6.07, 6.45) is 0. The first-order valence-corrected chi connectivity index (χ1v) is 4.44. The van der Waals surface area contributed by atoms with E-state index in [1.165, 1.54) is 12.1 Å².